The number of rotatable bonds is 3. The third kappa shape index (κ3) is 2.35. The highest BCUT2D eigenvalue weighted by molar-refractivity contribution is 7.98. The van der Waals surface area contributed by atoms with Crippen molar-refractivity contribution in [2.45, 2.75) is 17.8 Å². The first kappa shape index (κ1) is 10.8. The number of thiophene rings is 1. The van der Waals surface area contributed by atoms with Crippen LogP contribution in [0.2, 0.25) is 0 Å². The van der Waals surface area contributed by atoms with Gasteiger partial charge >= 0.3 is 0 Å². The molecule has 5 heteroatoms. The fourth-order valence-corrected chi connectivity index (χ4v) is 3.29. The van der Waals surface area contributed by atoms with E-state index in [0.717, 1.165) is 27.0 Å². The Morgan fingerprint density at radius 3 is 3.12 bits per heavy atom. The van der Waals surface area contributed by atoms with E-state index < -0.39 is 0 Å². The number of aromatic amines is 1. The second-order valence-electron chi connectivity index (χ2n) is 3.73. The van der Waals surface area contributed by atoms with E-state index in [4.69, 9.17) is 0 Å². The maximum atomic E-state index is 4.55. The van der Waals surface area contributed by atoms with E-state index in [-0.39, 0.29) is 0 Å². The molecule has 1 N–H and O–H groups in total. The molecule has 0 radical (unpaired) electrons. The van der Waals surface area contributed by atoms with Gasteiger partial charge in [0.15, 0.2) is 5.16 Å². The average molecular weight is 261 g/mol. The van der Waals surface area contributed by atoms with E-state index in [0.29, 0.717) is 0 Å². The Morgan fingerprint density at radius 1 is 1.41 bits per heavy atom. The third-order valence-corrected chi connectivity index (χ3v) is 4.21. The van der Waals surface area contributed by atoms with E-state index in [9.17, 15) is 0 Å². The molecule has 3 aromatic heterocycles. The minimum absolute atomic E-state index is 0.848. The number of pyridine rings is 1. The maximum Gasteiger partial charge on any atom is 0.167 e. The summed E-state index contributed by atoms with van der Waals surface area (Å²) in [4.78, 5) is 14.5. The molecular weight excluding hydrogens is 250 g/mol. The van der Waals surface area contributed by atoms with Crippen LogP contribution >= 0.6 is 23.1 Å². The maximum absolute atomic E-state index is 4.55. The summed E-state index contributed by atoms with van der Waals surface area (Å²) in [6, 6.07) is 8.10. The van der Waals surface area contributed by atoms with Crippen molar-refractivity contribution in [3.05, 3.63) is 41.0 Å². The summed E-state index contributed by atoms with van der Waals surface area (Å²) >= 11 is 3.41. The Bertz CT molecular complexity index is 596. The van der Waals surface area contributed by atoms with Gasteiger partial charge in [-0.3, -0.25) is 4.98 Å². The summed E-state index contributed by atoms with van der Waals surface area (Å²) in [5, 5.41) is 0.969. The molecule has 0 atom stereocenters. The topological polar surface area (TPSA) is 41.6 Å². The van der Waals surface area contributed by atoms with Gasteiger partial charge in [-0.15, -0.1) is 11.3 Å². The van der Waals surface area contributed by atoms with Crippen molar-refractivity contribution >= 4 is 33.4 Å². The van der Waals surface area contributed by atoms with Gasteiger partial charge in [0.05, 0.1) is 11.2 Å². The fourth-order valence-electron chi connectivity index (χ4n) is 1.60. The molecule has 3 nitrogen and oxygen atoms in total. The Hall–Kier alpha value is -1.33. The first-order chi connectivity index (χ1) is 8.31. The standard InChI is InChI=1S/C12H11N3S2/c1-8-6-10-11(17-8)15-12(14-10)16-7-9-4-2-3-5-13-9/h2-6H,7H2,1H3,(H,14,15). The number of aromatic nitrogens is 3. The number of nitrogens with one attached hydrogen (secondary N) is 1. The molecule has 86 valence electrons. The average Bonchev–Trinajstić information content (AvgIpc) is 2.84. The van der Waals surface area contributed by atoms with Crippen molar-refractivity contribution < 1.29 is 0 Å². The third-order valence-electron chi connectivity index (χ3n) is 2.36. The molecule has 3 rings (SSSR count). The van der Waals surface area contributed by atoms with Crippen LogP contribution in [-0.2, 0) is 5.75 Å². The molecule has 17 heavy (non-hydrogen) atoms. The first-order valence-electron chi connectivity index (χ1n) is 5.30. The molecule has 0 amide bonds. The molecule has 0 bridgehead atoms. The lowest BCUT2D eigenvalue weighted by molar-refractivity contribution is 1.07. The van der Waals surface area contributed by atoms with Gasteiger partial charge in [-0.25, -0.2) is 4.98 Å². The molecule has 0 aliphatic carbocycles. The van der Waals surface area contributed by atoms with Gasteiger partial charge in [0.25, 0.3) is 0 Å². The Balaban J connectivity index is 1.75. The van der Waals surface area contributed by atoms with Crippen molar-refractivity contribution in [1.82, 2.24) is 15.0 Å². The zero-order chi connectivity index (χ0) is 11.7. The van der Waals surface area contributed by atoms with Crippen molar-refractivity contribution in [3.8, 4) is 0 Å². The number of H-pyrrole nitrogens is 1. The van der Waals surface area contributed by atoms with Crippen molar-refractivity contribution in [2.75, 3.05) is 0 Å². The molecule has 3 aromatic rings. The molecule has 3 heterocycles. The number of hydrogen-bond acceptors (Lipinski definition) is 4. The summed E-state index contributed by atoms with van der Waals surface area (Å²) in [7, 11) is 0. The van der Waals surface area contributed by atoms with Gasteiger partial charge in [0.1, 0.15) is 4.83 Å². The van der Waals surface area contributed by atoms with Crippen molar-refractivity contribution in [3.63, 3.8) is 0 Å². The zero-order valence-corrected chi connectivity index (χ0v) is 10.9. The summed E-state index contributed by atoms with van der Waals surface area (Å²) in [5.74, 6) is 0.848. The molecule has 0 spiro atoms. The van der Waals surface area contributed by atoms with Gasteiger partial charge in [-0.1, -0.05) is 17.8 Å². The van der Waals surface area contributed by atoms with Crippen LogP contribution in [0.1, 0.15) is 10.6 Å². The smallest absolute Gasteiger partial charge is 0.167 e. The molecule has 0 aliphatic rings. The van der Waals surface area contributed by atoms with E-state index in [1.54, 1.807) is 23.1 Å². The second kappa shape index (κ2) is 4.50. The van der Waals surface area contributed by atoms with Crippen LogP contribution in [0.25, 0.3) is 10.3 Å². The lowest BCUT2D eigenvalue weighted by Gasteiger charge is -1.96. The molecule has 0 saturated heterocycles. The Morgan fingerprint density at radius 2 is 2.35 bits per heavy atom. The predicted molar refractivity (Wildman–Crippen MR) is 72.5 cm³/mol. The van der Waals surface area contributed by atoms with Gasteiger partial charge in [-0.05, 0) is 25.1 Å². The van der Waals surface area contributed by atoms with Gasteiger partial charge in [0.2, 0.25) is 0 Å². The molecule has 0 aliphatic heterocycles. The van der Waals surface area contributed by atoms with Gasteiger partial charge < -0.3 is 4.98 Å². The fraction of sp³-hybridized carbons (Fsp3) is 0.167. The highest BCUT2D eigenvalue weighted by Crippen LogP contribution is 2.27. The lowest BCUT2D eigenvalue weighted by Crippen LogP contribution is -1.85. The SMILES string of the molecule is Cc1cc2[nH]c(SCc3ccccn3)nc2s1. The molecular formula is C12H11N3S2. The highest BCUT2D eigenvalue weighted by atomic mass is 32.2. The Labute approximate surface area is 107 Å². The number of hydrogen-bond donors (Lipinski definition) is 1. The van der Waals surface area contributed by atoms with Crippen LogP contribution in [0.15, 0.2) is 35.6 Å². The van der Waals surface area contributed by atoms with Crippen LogP contribution in [0, 0.1) is 6.92 Å². The highest BCUT2D eigenvalue weighted by Gasteiger charge is 2.06. The lowest BCUT2D eigenvalue weighted by atomic mass is 10.4. The number of imidazole rings is 1. The summed E-state index contributed by atoms with van der Waals surface area (Å²) < 4.78 is 0. The van der Waals surface area contributed by atoms with Gasteiger partial charge in [-0.2, -0.15) is 0 Å². The molecule has 0 saturated carbocycles. The first-order valence-corrected chi connectivity index (χ1v) is 7.10. The van der Waals surface area contributed by atoms with Crippen LogP contribution in [0.5, 0.6) is 0 Å². The summed E-state index contributed by atoms with van der Waals surface area (Å²) in [5.41, 5.74) is 2.21. The largest absolute Gasteiger partial charge is 0.332 e. The van der Waals surface area contributed by atoms with Gasteiger partial charge in [0, 0.05) is 16.8 Å². The van der Waals surface area contributed by atoms with Crippen molar-refractivity contribution in [1.29, 1.82) is 0 Å². The molecule has 0 aromatic carbocycles. The van der Waals surface area contributed by atoms with Crippen LogP contribution in [-0.4, -0.2) is 15.0 Å². The number of thioether (sulfide) groups is 1. The number of fused-ring (bicyclic) bond motifs is 1. The summed E-state index contributed by atoms with van der Waals surface area (Å²) in [6.07, 6.45) is 1.82. The van der Waals surface area contributed by atoms with Crippen LogP contribution < -0.4 is 0 Å². The van der Waals surface area contributed by atoms with Crippen LogP contribution in [0.3, 0.4) is 0 Å². The normalized spacial score (nSPS) is 11.1. The van der Waals surface area contributed by atoms with E-state index in [1.165, 1.54) is 4.88 Å². The number of aryl methyl sites for hydroxylation is 1. The van der Waals surface area contributed by atoms with Crippen molar-refractivity contribution in [2.24, 2.45) is 0 Å². The number of nitrogens with zero attached hydrogens (tertiary/aromatic N) is 2. The summed E-state index contributed by atoms with van der Waals surface area (Å²) in [6.45, 7) is 2.10. The predicted octanol–water partition coefficient (Wildman–Crippen LogP) is 3.62. The minimum Gasteiger partial charge on any atom is -0.332 e. The van der Waals surface area contributed by atoms with E-state index >= 15 is 0 Å². The molecule has 0 fully saturated rings. The zero-order valence-electron chi connectivity index (χ0n) is 9.30. The van der Waals surface area contributed by atoms with E-state index in [1.807, 2.05) is 24.4 Å². The van der Waals surface area contributed by atoms with E-state index in [2.05, 4.69) is 27.9 Å². The Kier molecular flexibility index (Phi) is 2.86. The second-order valence-corrected chi connectivity index (χ2v) is 5.93. The minimum atomic E-state index is 0.848. The quantitative estimate of drug-likeness (QED) is 0.732. The molecule has 0 unspecified atom stereocenters. The monoisotopic (exact) mass is 261 g/mol. The van der Waals surface area contributed by atoms with Crippen LogP contribution in [0.4, 0.5) is 0 Å².